The highest BCUT2D eigenvalue weighted by molar-refractivity contribution is 6.31. The molecular formula is C21H22ClFN2O3. The Hall–Kier alpha value is -2.44. The number of amides is 1. The first-order valence-electron chi connectivity index (χ1n) is 9.13. The van der Waals surface area contributed by atoms with E-state index in [9.17, 15) is 14.0 Å². The number of likely N-dealkylation sites (tertiary alicyclic amines) is 1. The van der Waals surface area contributed by atoms with Crippen LogP contribution in [0, 0.1) is 11.7 Å². The lowest BCUT2D eigenvalue weighted by atomic mass is 9.95. The Morgan fingerprint density at radius 2 is 1.89 bits per heavy atom. The van der Waals surface area contributed by atoms with Gasteiger partial charge in [0.05, 0.1) is 18.4 Å². The summed E-state index contributed by atoms with van der Waals surface area (Å²) in [5.41, 5.74) is 1.25. The van der Waals surface area contributed by atoms with Crippen molar-refractivity contribution < 1.29 is 18.7 Å². The summed E-state index contributed by atoms with van der Waals surface area (Å²) in [5.74, 6) is -1.10. The fourth-order valence-electron chi connectivity index (χ4n) is 3.38. The van der Waals surface area contributed by atoms with Crippen LogP contribution in [0.15, 0.2) is 42.5 Å². The van der Waals surface area contributed by atoms with Crippen molar-refractivity contribution in [2.24, 2.45) is 5.92 Å². The van der Waals surface area contributed by atoms with Crippen molar-refractivity contribution >= 4 is 29.2 Å². The summed E-state index contributed by atoms with van der Waals surface area (Å²) in [5, 5.41) is 3.25. The monoisotopic (exact) mass is 404 g/mol. The molecule has 0 radical (unpaired) electrons. The predicted molar refractivity (Wildman–Crippen MR) is 106 cm³/mol. The zero-order valence-corrected chi connectivity index (χ0v) is 16.3. The van der Waals surface area contributed by atoms with Crippen molar-refractivity contribution in [3.8, 4) is 0 Å². The summed E-state index contributed by atoms with van der Waals surface area (Å²) in [6, 6.07) is 11.4. The average molecular weight is 405 g/mol. The van der Waals surface area contributed by atoms with Gasteiger partial charge in [-0.15, -0.1) is 0 Å². The van der Waals surface area contributed by atoms with Crippen LogP contribution in [0.1, 0.15) is 28.8 Å². The molecule has 0 aliphatic carbocycles. The van der Waals surface area contributed by atoms with Gasteiger partial charge in [-0.2, -0.15) is 0 Å². The molecule has 1 amide bonds. The number of benzene rings is 2. The number of para-hydroxylation sites is 1. The summed E-state index contributed by atoms with van der Waals surface area (Å²) >= 11 is 6.10. The molecule has 1 heterocycles. The molecule has 1 N–H and O–H groups in total. The van der Waals surface area contributed by atoms with Crippen LogP contribution in [-0.4, -0.2) is 37.0 Å². The molecule has 1 aliphatic rings. The van der Waals surface area contributed by atoms with Crippen LogP contribution in [0.25, 0.3) is 0 Å². The molecule has 2 aromatic rings. The average Bonchev–Trinajstić information content (AvgIpc) is 2.71. The Labute approximate surface area is 168 Å². The molecule has 0 unspecified atom stereocenters. The number of halogens is 2. The lowest BCUT2D eigenvalue weighted by Gasteiger charge is -2.31. The topological polar surface area (TPSA) is 58.6 Å². The molecule has 1 aliphatic heterocycles. The van der Waals surface area contributed by atoms with Gasteiger partial charge in [-0.3, -0.25) is 9.69 Å². The molecule has 7 heteroatoms. The fraction of sp³-hybridized carbons (Fsp3) is 0.333. The molecule has 1 saturated heterocycles. The number of esters is 1. The normalized spacial score (nSPS) is 15.2. The molecule has 1 fully saturated rings. The van der Waals surface area contributed by atoms with Crippen LogP contribution in [-0.2, 0) is 16.1 Å². The highest BCUT2D eigenvalue weighted by Gasteiger charge is 2.26. The number of ether oxygens (including phenoxy) is 1. The second-order valence-electron chi connectivity index (χ2n) is 6.78. The highest BCUT2D eigenvalue weighted by atomic mass is 35.5. The molecule has 0 aromatic heterocycles. The minimum Gasteiger partial charge on any atom is -0.465 e. The van der Waals surface area contributed by atoms with Crippen LogP contribution in [0.2, 0.25) is 5.02 Å². The van der Waals surface area contributed by atoms with Gasteiger partial charge in [-0.25, -0.2) is 9.18 Å². The Morgan fingerprint density at radius 1 is 1.18 bits per heavy atom. The molecule has 148 valence electrons. The van der Waals surface area contributed by atoms with Crippen LogP contribution in [0.3, 0.4) is 0 Å². The molecule has 5 nitrogen and oxygen atoms in total. The van der Waals surface area contributed by atoms with E-state index in [1.807, 2.05) is 0 Å². The van der Waals surface area contributed by atoms with Crippen LogP contribution in [0.5, 0.6) is 0 Å². The van der Waals surface area contributed by atoms with E-state index >= 15 is 0 Å². The Kier molecular flexibility index (Phi) is 6.65. The van der Waals surface area contributed by atoms with Crippen molar-refractivity contribution in [2.75, 3.05) is 25.5 Å². The van der Waals surface area contributed by atoms with Crippen LogP contribution < -0.4 is 5.32 Å². The lowest BCUT2D eigenvalue weighted by molar-refractivity contribution is -0.121. The number of nitrogens with zero attached hydrogens (tertiary/aromatic N) is 1. The third kappa shape index (κ3) is 4.69. The van der Waals surface area contributed by atoms with E-state index in [2.05, 4.69) is 10.2 Å². The first-order chi connectivity index (χ1) is 13.5. The van der Waals surface area contributed by atoms with Gasteiger partial charge in [-0.05, 0) is 50.2 Å². The number of piperidine rings is 1. The second-order valence-corrected chi connectivity index (χ2v) is 7.18. The third-order valence-electron chi connectivity index (χ3n) is 4.99. The number of hydrogen-bond donors (Lipinski definition) is 1. The largest absolute Gasteiger partial charge is 0.465 e. The van der Waals surface area contributed by atoms with E-state index in [-0.39, 0.29) is 17.6 Å². The molecule has 0 spiro atoms. The van der Waals surface area contributed by atoms with E-state index in [1.165, 1.54) is 13.2 Å². The van der Waals surface area contributed by atoms with E-state index in [1.54, 1.807) is 36.4 Å². The number of nitrogens with one attached hydrogen (secondary N) is 1. The molecule has 2 aromatic carbocycles. The van der Waals surface area contributed by atoms with Crippen LogP contribution >= 0.6 is 11.6 Å². The minimum absolute atomic E-state index is 0.125. The zero-order valence-electron chi connectivity index (χ0n) is 15.6. The SMILES string of the molecule is COC(=O)c1ccccc1NC(=O)C1CCN(Cc2c(F)cccc2Cl)CC1. The third-order valence-corrected chi connectivity index (χ3v) is 5.35. The van der Waals surface area contributed by atoms with Crippen molar-refractivity contribution in [3.63, 3.8) is 0 Å². The van der Waals surface area contributed by atoms with E-state index < -0.39 is 5.97 Å². The maximum Gasteiger partial charge on any atom is 0.339 e. The van der Waals surface area contributed by atoms with Gasteiger partial charge in [-0.1, -0.05) is 29.8 Å². The van der Waals surface area contributed by atoms with Gasteiger partial charge in [0, 0.05) is 23.0 Å². The molecule has 0 atom stereocenters. The summed E-state index contributed by atoms with van der Waals surface area (Å²) in [6.07, 6.45) is 1.30. The number of methoxy groups -OCH3 is 1. The van der Waals surface area contributed by atoms with Gasteiger partial charge < -0.3 is 10.1 Å². The Morgan fingerprint density at radius 3 is 2.57 bits per heavy atom. The lowest BCUT2D eigenvalue weighted by Crippen LogP contribution is -2.38. The van der Waals surface area contributed by atoms with Crippen molar-refractivity contribution in [1.82, 2.24) is 4.90 Å². The van der Waals surface area contributed by atoms with Crippen molar-refractivity contribution in [2.45, 2.75) is 19.4 Å². The highest BCUT2D eigenvalue weighted by Crippen LogP contribution is 2.25. The van der Waals surface area contributed by atoms with Gasteiger partial charge in [0.1, 0.15) is 5.82 Å². The van der Waals surface area contributed by atoms with Gasteiger partial charge in [0.15, 0.2) is 0 Å². The molecule has 0 saturated carbocycles. The standard InChI is InChI=1S/C21H22ClFN2O3/c1-28-21(27)15-5-2-3-8-19(15)24-20(26)14-9-11-25(12-10-14)13-16-17(22)6-4-7-18(16)23/h2-8,14H,9-13H2,1H3,(H,24,26). The van der Waals surface area contributed by atoms with E-state index in [4.69, 9.17) is 16.3 Å². The van der Waals surface area contributed by atoms with Gasteiger partial charge >= 0.3 is 5.97 Å². The molecular weight excluding hydrogens is 383 g/mol. The van der Waals surface area contributed by atoms with Gasteiger partial charge in [0.25, 0.3) is 0 Å². The summed E-state index contributed by atoms with van der Waals surface area (Å²) < 4.78 is 18.7. The maximum atomic E-state index is 14.0. The number of rotatable bonds is 5. The summed E-state index contributed by atoms with van der Waals surface area (Å²) in [4.78, 5) is 26.6. The van der Waals surface area contributed by atoms with Crippen LogP contribution in [0.4, 0.5) is 10.1 Å². The quantitative estimate of drug-likeness (QED) is 0.762. The van der Waals surface area contributed by atoms with Gasteiger partial charge in [0.2, 0.25) is 5.91 Å². The second kappa shape index (κ2) is 9.17. The minimum atomic E-state index is -0.493. The summed E-state index contributed by atoms with van der Waals surface area (Å²) in [7, 11) is 1.30. The predicted octanol–water partition coefficient (Wildman–Crippen LogP) is 4.12. The van der Waals surface area contributed by atoms with Crippen molar-refractivity contribution in [3.05, 3.63) is 64.4 Å². The Bertz CT molecular complexity index is 846. The number of anilines is 1. The smallest absolute Gasteiger partial charge is 0.339 e. The Balaban J connectivity index is 1.58. The first-order valence-corrected chi connectivity index (χ1v) is 9.51. The fourth-order valence-corrected chi connectivity index (χ4v) is 3.60. The number of carbonyl (C=O) groups is 2. The van der Waals surface area contributed by atoms with E-state index in [0.717, 1.165) is 0 Å². The molecule has 0 bridgehead atoms. The summed E-state index contributed by atoms with van der Waals surface area (Å²) in [6.45, 7) is 1.76. The van der Waals surface area contributed by atoms with E-state index in [0.29, 0.717) is 54.3 Å². The maximum absolute atomic E-state index is 14.0. The van der Waals surface area contributed by atoms with Crippen molar-refractivity contribution in [1.29, 1.82) is 0 Å². The molecule has 28 heavy (non-hydrogen) atoms. The first kappa shape index (κ1) is 20.3. The number of carbonyl (C=O) groups excluding carboxylic acids is 2. The zero-order chi connectivity index (χ0) is 20.1. The molecule has 3 rings (SSSR count). The number of hydrogen-bond acceptors (Lipinski definition) is 4.